The molecule has 11 heteroatoms. The lowest BCUT2D eigenvalue weighted by Crippen LogP contribution is -2.22. The van der Waals surface area contributed by atoms with Crippen LogP contribution in [0.1, 0.15) is 27.2 Å². The van der Waals surface area contributed by atoms with E-state index in [1.54, 1.807) is 61.1 Å². The van der Waals surface area contributed by atoms with Gasteiger partial charge < -0.3 is 19.9 Å². The largest absolute Gasteiger partial charge is 0.465 e. The number of carbonyl (C=O) groups excluding carboxylic acids is 1. The van der Waals surface area contributed by atoms with Crippen LogP contribution in [0.4, 0.5) is 9.18 Å². The van der Waals surface area contributed by atoms with E-state index in [0.29, 0.717) is 12.0 Å². The molecule has 1 heterocycles. The summed E-state index contributed by atoms with van der Waals surface area (Å²) in [5, 5.41) is 11.6. The molecule has 0 atom stereocenters. The minimum Gasteiger partial charge on any atom is -0.465 e. The van der Waals surface area contributed by atoms with Crippen molar-refractivity contribution < 1.29 is 27.5 Å². The van der Waals surface area contributed by atoms with Crippen LogP contribution in [0.2, 0.25) is 0 Å². The number of carboxylic acid groups (broad SMARTS) is 1. The van der Waals surface area contributed by atoms with E-state index in [1.165, 1.54) is 25.1 Å². The number of carbonyl (C=O) groups is 2. The second-order valence-electron chi connectivity index (χ2n) is 9.03. The summed E-state index contributed by atoms with van der Waals surface area (Å²) in [6.07, 6.45) is 0.368. The zero-order valence-electron chi connectivity index (χ0n) is 21.4. The molecule has 0 aliphatic rings. The summed E-state index contributed by atoms with van der Waals surface area (Å²) in [7, 11) is 2.72. The Balaban J connectivity index is 2.06. The topological polar surface area (TPSA) is 112 Å². The Hall–Kier alpha value is -3.70. The van der Waals surface area contributed by atoms with Gasteiger partial charge >= 0.3 is 6.09 Å². The van der Waals surface area contributed by atoms with Gasteiger partial charge in [0.05, 0.1) is 11.4 Å². The number of allylic oxidation sites excluding steroid dienone is 1. The number of halogens is 1. The number of aromatic nitrogens is 1. The first kappa shape index (κ1) is 27.9. The lowest BCUT2D eigenvalue weighted by molar-refractivity contribution is 0.0827. The molecule has 9 nitrogen and oxygen atoms in total. The SMILES string of the molecule is Cc1c(Cc2ccc(S(=O)(=O)N(C)C)cc2)c2cc(C(=O)N(C)C)ccc2n1CC(F)=CCNC(=O)O. The quantitative estimate of drug-likeness (QED) is 0.439. The maximum absolute atomic E-state index is 14.7. The summed E-state index contributed by atoms with van der Waals surface area (Å²) in [6, 6.07) is 11.8. The van der Waals surface area contributed by atoms with Crippen molar-refractivity contribution in [2.45, 2.75) is 24.8 Å². The normalized spacial score (nSPS) is 12.2. The van der Waals surface area contributed by atoms with Gasteiger partial charge in [0.2, 0.25) is 10.0 Å². The number of hydrogen-bond donors (Lipinski definition) is 2. The molecule has 0 fully saturated rings. The number of hydrogen-bond acceptors (Lipinski definition) is 4. The molecule has 0 spiro atoms. The van der Waals surface area contributed by atoms with Gasteiger partial charge in [0.1, 0.15) is 5.83 Å². The summed E-state index contributed by atoms with van der Waals surface area (Å²) in [5.74, 6) is -0.672. The summed E-state index contributed by atoms with van der Waals surface area (Å²) in [5.41, 5.74) is 3.73. The Morgan fingerprint density at radius 3 is 2.30 bits per heavy atom. The molecule has 3 rings (SSSR count). The molecule has 0 radical (unpaired) electrons. The Morgan fingerprint density at radius 1 is 1.08 bits per heavy atom. The highest BCUT2D eigenvalue weighted by atomic mass is 32.2. The lowest BCUT2D eigenvalue weighted by Gasteiger charge is -2.12. The number of amides is 2. The van der Waals surface area contributed by atoms with Crippen LogP contribution in [0.25, 0.3) is 10.9 Å². The van der Waals surface area contributed by atoms with Gasteiger partial charge in [-0.2, -0.15) is 0 Å². The molecule has 37 heavy (non-hydrogen) atoms. The third-order valence-electron chi connectivity index (χ3n) is 6.08. The number of nitrogens with zero attached hydrogens (tertiary/aromatic N) is 3. The molecule has 198 valence electrons. The van der Waals surface area contributed by atoms with Gasteiger partial charge in [0, 0.05) is 56.9 Å². The van der Waals surface area contributed by atoms with Crippen molar-refractivity contribution in [3.8, 4) is 0 Å². The Morgan fingerprint density at radius 2 is 1.73 bits per heavy atom. The maximum atomic E-state index is 14.7. The molecular formula is C26H31FN4O5S. The van der Waals surface area contributed by atoms with Crippen molar-refractivity contribution in [1.82, 2.24) is 19.1 Å². The fourth-order valence-corrected chi connectivity index (χ4v) is 4.93. The fourth-order valence-electron chi connectivity index (χ4n) is 4.03. The van der Waals surface area contributed by atoms with Crippen molar-refractivity contribution in [3.05, 3.63) is 76.8 Å². The predicted molar refractivity (Wildman–Crippen MR) is 140 cm³/mol. The zero-order valence-corrected chi connectivity index (χ0v) is 22.3. The van der Waals surface area contributed by atoms with Crippen molar-refractivity contribution in [3.63, 3.8) is 0 Å². The number of rotatable bonds is 9. The highest BCUT2D eigenvalue weighted by Crippen LogP contribution is 2.31. The minimum atomic E-state index is -3.56. The summed E-state index contributed by atoms with van der Waals surface area (Å²) in [4.78, 5) is 24.9. The number of fused-ring (bicyclic) bond motifs is 1. The van der Waals surface area contributed by atoms with Crippen molar-refractivity contribution >= 4 is 32.9 Å². The fraction of sp³-hybridized carbons (Fsp3) is 0.308. The van der Waals surface area contributed by atoms with Gasteiger partial charge in [-0.1, -0.05) is 12.1 Å². The second kappa shape index (κ2) is 11.1. The minimum absolute atomic E-state index is 0.107. The smallest absolute Gasteiger partial charge is 0.404 e. The van der Waals surface area contributed by atoms with Crippen LogP contribution in [0, 0.1) is 6.92 Å². The standard InChI is InChI=1S/C26H31FN4O5S/c1-17-22(14-18-6-9-21(10-7-18)37(35,36)30(4)5)23-15-19(25(32)29(2)3)8-11-24(23)31(17)16-20(27)12-13-28-26(33)34/h6-12,15,28H,13-14,16H2,1-5H3,(H,33,34). The van der Waals surface area contributed by atoms with Crippen LogP contribution in [0.3, 0.4) is 0 Å². The lowest BCUT2D eigenvalue weighted by atomic mass is 10.0. The third-order valence-corrected chi connectivity index (χ3v) is 7.91. The summed E-state index contributed by atoms with van der Waals surface area (Å²) >= 11 is 0. The second-order valence-corrected chi connectivity index (χ2v) is 11.2. The highest BCUT2D eigenvalue weighted by Gasteiger charge is 2.20. The van der Waals surface area contributed by atoms with Crippen molar-refractivity contribution in [1.29, 1.82) is 0 Å². The van der Waals surface area contributed by atoms with E-state index >= 15 is 0 Å². The van der Waals surface area contributed by atoms with Crippen LogP contribution < -0.4 is 5.32 Å². The van der Waals surface area contributed by atoms with Crippen LogP contribution in [-0.4, -0.2) is 74.0 Å². The van der Waals surface area contributed by atoms with E-state index in [1.807, 2.05) is 6.92 Å². The zero-order chi connectivity index (χ0) is 27.5. The van der Waals surface area contributed by atoms with E-state index in [-0.39, 0.29) is 23.9 Å². The van der Waals surface area contributed by atoms with Gasteiger partial charge in [0.25, 0.3) is 5.91 Å². The molecule has 0 aliphatic heterocycles. The van der Waals surface area contributed by atoms with Gasteiger partial charge in [-0.15, -0.1) is 0 Å². The van der Waals surface area contributed by atoms with E-state index in [2.05, 4.69) is 5.32 Å². The van der Waals surface area contributed by atoms with Gasteiger partial charge in [-0.05, 0) is 60.9 Å². The molecule has 1 aromatic heterocycles. The number of benzene rings is 2. The van der Waals surface area contributed by atoms with Crippen molar-refractivity contribution in [2.75, 3.05) is 34.7 Å². The number of sulfonamides is 1. The molecule has 0 saturated heterocycles. The molecule has 2 amide bonds. The third kappa shape index (κ3) is 6.17. The van der Waals surface area contributed by atoms with Gasteiger partial charge in [-0.25, -0.2) is 21.9 Å². The van der Waals surface area contributed by atoms with Crippen LogP contribution in [-0.2, 0) is 23.0 Å². The Kier molecular flexibility index (Phi) is 8.39. The predicted octanol–water partition coefficient (Wildman–Crippen LogP) is 3.61. The molecule has 0 saturated carbocycles. The maximum Gasteiger partial charge on any atom is 0.404 e. The summed E-state index contributed by atoms with van der Waals surface area (Å²) < 4.78 is 42.5. The molecule has 0 bridgehead atoms. The monoisotopic (exact) mass is 530 g/mol. The summed E-state index contributed by atoms with van der Waals surface area (Å²) in [6.45, 7) is 1.59. The molecular weight excluding hydrogens is 499 g/mol. The first-order chi connectivity index (χ1) is 17.3. The molecule has 2 aromatic carbocycles. The van der Waals surface area contributed by atoms with Crippen LogP contribution in [0.15, 0.2) is 59.3 Å². The van der Waals surface area contributed by atoms with E-state index in [4.69, 9.17) is 5.11 Å². The first-order valence-electron chi connectivity index (χ1n) is 11.5. The molecule has 0 unspecified atom stereocenters. The molecule has 2 N–H and O–H groups in total. The van der Waals surface area contributed by atoms with Gasteiger partial charge in [0.15, 0.2) is 0 Å². The average molecular weight is 531 g/mol. The van der Waals surface area contributed by atoms with Crippen LogP contribution in [0.5, 0.6) is 0 Å². The van der Waals surface area contributed by atoms with E-state index in [9.17, 15) is 22.4 Å². The first-order valence-corrected chi connectivity index (χ1v) is 12.9. The van der Waals surface area contributed by atoms with Crippen LogP contribution >= 0.6 is 0 Å². The Bertz CT molecular complexity index is 1460. The van der Waals surface area contributed by atoms with Crippen molar-refractivity contribution in [2.24, 2.45) is 0 Å². The number of nitrogens with one attached hydrogen (secondary N) is 1. The molecule has 3 aromatic rings. The van der Waals surface area contributed by atoms with Gasteiger partial charge in [-0.3, -0.25) is 4.79 Å². The Labute approximate surface area is 215 Å². The van der Waals surface area contributed by atoms with E-state index < -0.39 is 21.9 Å². The average Bonchev–Trinajstić information content (AvgIpc) is 3.08. The molecule has 0 aliphatic carbocycles. The van der Waals surface area contributed by atoms with E-state index in [0.717, 1.165) is 32.0 Å². The highest BCUT2D eigenvalue weighted by molar-refractivity contribution is 7.89.